The Kier molecular flexibility index (Phi) is 6.77. The fourth-order valence-corrected chi connectivity index (χ4v) is 4.66. The zero-order valence-electron chi connectivity index (χ0n) is 21.0. The van der Waals surface area contributed by atoms with Gasteiger partial charge in [-0.05, 0) is 23.3 Å². The molecule has 0 amide bonds. The summed E-state index contributed by atoms with van der Waals surface area (Å²) < 4.78 is 18.8. The summed E-state index contributed by atoms with van der Waals surface area (Å²) in [5.74, 6) is -4.84. The van der Waals surface area contributed by atoms with Gasteiger partial charge in [0.1, 0.15) is 29.6 Å². The first-order valence-corrected chi connectivity index (χ1v) is 11.6. The maximum atomic E-state index is 13.6. The number of hydrogen-bond donors (Lipinski definition) is 1. The zero-order chi connectivity index (χ0) is 26.2. The van der Waals surface area contributed by atoms with Gasteiger partial charge in [0, 0.05) is 33.3 Å². The van der Waals surface area contributed by atoms with Crippen LogP contribution in [0.15, 0.2) is 48.5 Å². The van der Waals surface area contributed by atoms with Crippen molar-refractivity contribution in [2.75, 3.05) is 7.11 Å². The monoisotopic (exact) mass is 494 g/mol. The Balaban J connectivity index is 1.96. The van der Waals surface area contributed by atoms with Crippen molar-refractivity contribution in [2.45, 2.75) is 52.6 Å². The van der Waals surface area contributed by atoms with Crippen LogP contribution in [0.2, 0.25) is 0 Å². The van der Waals surface area contributed by atoms with E-state index >= 15 is 0 Å². The molecule has 0 saturated carbocycles. The minimum Gasteiger partial charge on any atom is -0.711 e. The van der Waals surface area contributed by atoms with Crippen molar-refractivity contribution in [1.29, 1.82) is 0 Å². The molecular formula is C27H30N2O7. The van der Waals surface area contributed by atoms with E-state index in [0.29, 0.717) is 34.8 Å². The SMILES string of the molecule is COc1ccc([C@@H](c2n(Cc3ccccc3)c(C)c(C)[n+]2[O-])C2C(=O)OC(C)(C)OC2=O)cc1CO. The highest BCUT2D eigenvalue weighted by Gasteiger charge is 2.52. The molecule has 0 spiro atoms. The van der Waals surface area contributed by atoms with Crippen LogP contribution in [0, 0.1) is 25.0 Å². The van der Waals surface area contributed by atoms with Gasteiger partial charge < -0.3 is 24.5 Å². The highest BCUT2D eigenvalue weighted by atomic mass is 16.7. The second-order valence-electron chi connectivity index (χ2n) is 9.32. The lowest BCUT2D eigenvalue weighted by molar-refractivity contribution is -0.621. The topological polar surface area (TPSA) is 114 Å². The molecule has 1 N–H and O–H groups in total. The summed E-state index contributed by atoms with van der Waals surface area (Å²) in [7, 11) is 1.48. The van der Waals surface area contributed by atoms with Gasteiger partial charge in [-0.15, -0.1) is 0 Å². The molecule has 1 fully saturated rings. The minimum atomic E-state index is -1.43. The number of carbonyl (C=O) groups excluding carboxylic acids is 2. The number of imidazole rings is 1. The van der Waals surface area contributed by atoms with Crippen LogP contribution in [0.25, 0.3) is 0 Å². The number of rotatable bonds is 7. The molecule has 1 saturated heterocycles. The van der Waals surface area contributed by atoms with Gasteiger partial charge in [0.05, 0.1) is 13.7 Å². The highest BCUT2D eigenvalue weighted by Crippen LogP contribution is 2.39. The molecule has 4 rings (SSSR count). The molecule has 1 aliphatic rings. The number of ether oxygens (including phenoxy) is 3. The number of benzene rings is 2. The molecule has 0 bridgehead atoms. The summed E-state index contributed by atoms with van der Waals surface area (Å²) in [6.07, 6.45) is 0. The van der Waals surface area contributed by atoms with Gasteiger partial charge in [-0.3, -0.25) is 9.59 Å². The molecule has 9 heteroatoms. The second-order valence-corrected chi connectivity index (χ2v) is 9.32. The Morgan fingerprint density at radius 2 is 1.75 bits per heavy atom. The summed E-state index contributed by atoms with van der Waals surface area (Å²) in [5.41, 5.74) is 3.00. The van der Waals surface area contributed by atoms with E-state index < -0.39 is 29.6 Å². The van der Waals surface area contributed by atoms with Crippen LogP contribution in [0.1, 0.15) is 53.7 Å². The van der Waals surface area contributed by atoms with Crippen LogP contribution in [0.5, 0.6) is 5.75 Å². The molecule has 2 heterocycles. The molecular weight excluding hydrogens is 464 g/mol. The molecule has 1 aliphatic heterocycles. The number of esters is 2. The van der Waals surface area contributed by atoms with Crippen LogP contribution in [-0.4, -0.2) is 34.5 Å². The molecule has 1 atom stereocenters. The van der Waals surface area contributed by atoms with Gasteiger partial charge in [0.2, 0.25) is 0 Å². The summed E-state index contributed by atoms with van der Waals surface area (Å²) in [6, 6.07) is 14.5. The summed E-state index contributed by atoms with van der Waals surface area (Å²) in [5, 5.41) is 23.5. The predicted molar refractivity (Wildman–Crippen MR) is 129 cm³/mol. The smallest absolute Gasteiger partial charge is 0.324 e. The van der Waals surface area contributed by atoms with Crippen molar-refractivity contribution in [3.8, 4) is 5.75 Å². The quantitative estimate of drug-likeness (QED) is 0.233. The normalized spacial score (nSPS) is 16.4. The molecule has 0 aliphatic carbocycles. The lowest BCUT2D eigenvalue weighted by atomic mass is 9.83. The van der Waals surface area contributed by atoms with E-state index in [1.165, 1.54) is 21.0 Å². The van der Waals surface area contributed by atoms with Gasteiger partial charge in [0.25, 0.3) is 11.6 Å². The van der Waals surface area contributed by atoms with Crippen LogP contribution in [0.3, 0.4) is 0 Å². The Morgan fingerprint density at radius 1 is 1.11 bits per heavy atom. The van der Waals surface area contributed by atoms with E-state index in [1.807, 2.05) is 41.8 Å². The summed E-state index contributed by atoms with van der Waals surface area (Å²) in [4.78, 5) is 26.5. The molecule has 3 aromatic rings. The number of methoxy groups -OCH3 is 1. The first kappa shape index (κ1) is 25.2. The first-order chi connectivity index (χ1) is 17.1. The number of hydrogen-bond acceptors (Lipinski definition) is 7. The van der Waals surface area contributed by atoms with E-state index in [9.17, 15) is 19.9 Å². The van der Waals surface area contributed by atoms with Gasteiger partial charge in [-0.25, -0.2) is 9.30 Å². The number of aromatic nitrogens is 2. The fraction of sp³-hybridized carbons (Fsp3) is 0.370. The van der Waals surface area contributed by atoms with E-state index in [-0.39, 0.29) is 12.4 Å². The third kappa shape index (κ3) is 4.54. The van der Waals surface area contributed by atoms with Crippen LogP contribution < -0.4 is 9.47 Å². The lowest BCUT2D eigenvalue weighted by Crippen LogP contribution is -2.50. The van der Waals surface area contributed by atoms with Crippen molar-refractivity contribution in [1.82, 2.24) is 4.57 Å². The second kappa shape index (κ2) is 9.66. The molecule has 190 valence electrons. The van der Waals surface area contributed by atoms with Crippen molar-refractivity contribution < 1.29 is 33.6 Å². The van der Waals surface area contributed by atoms with Gasteiger partial charge in [0.15, 0.2) is 5.92 Å². The average Bonchev–Trinajstić information content (AvgIpc) is 3.04. The molecule has 9 nitrogen and oxygen atoms in total. The highest BCUT2D eigenvalue weighted by molar-refractivity contribution is 5.98. The minimum absolute atomic E-state index is 0.196. The average molecular weight is 495 g/mol. The maximum Gasteiger partial charge on any atom is 0.324 e. The van der Waals surface area contributed by atoms with E-state index in [0.717, 1.165) is 10.3 Å². The van der Waals surface area contributed by atoms with Crippen LogP contribution in [-0.2, 0) is 32.2 Å². The maximum absolute atomic E-state index is 13.6. The summed E-state index contributed by atoms with van der Waals surface area (Å²) >= 11 is 0. The molecule has 1 aromatic heterocycles. The summed E-state index contributed by atoms with van der Waals surface area (Å²) in [6.45, 7) is 6.48. The van der Waals surface area contributed by atoms with Crippen molar-refractivity contribution in [2.24, 2.45) is 5.92 Å². The van der Waals surface area contributed by atoms with Crippen molar-refractivity contribution in [3.05, 3.63) is 87.6 Å². The number of aliphatic hydroxyl groups is 1. The number of nitrogens with zero attached hydrogens (tertiary/aromatic N) is 2. The predicted octanol–water partition coefficient (Wildman–Crippen LogP) is 2.87. The standard InChI is InChI=1S/C27H30N2O7/c1-16-17(2)29(33)24(28(16)14-18-9-7-6-8-10-18)22(19-11-12-21(34-5)20(13-19)15-30)23-25(31)35-27(3,4)36-26(23)32/h6-13,22-23,30H,14-15H2,1-5H3/t22-/m1/s1. The Hall–Kier alpha value is -3.85. The third-order valence-corrected chi connectivity index (χ3v) is 6.55. The number of aliphatic hydroxyl groups excluding tert-OH is 1. The largest absolute Gasteiger partial charge is 0.711 e. The Bertz CT molecular complexity index is 1280. The Labute approximate surface area is 209 Å². The zero-order valence-corrected chi connectivity index (χ0v) is 21.0. The van der Waals surface area contributed by atoms with Gasteiger partial charge >= 0.3 is 11.9 Å². The molecule has 0 radical (unpaired) electrons. The van der Waals surface area contributed by atoms with Gasteiger partial charge in [-0.2, -0.15) is 0 Å². The van der Waals surface area contributed by atoms with Crippen LogP contribution in [0.4, 0.5) is 0 Å². The van der Waals surface area contributed by atoms with E-state index in [4.69, 9.17) is 14.2 Å². The Morgan fingerprint density at radius 3 is 2.33 bits per heavy atom. The van der Waals surface area contributed by atoms with Gasteiger partial charge in [-0.1, -0.05) is 36.4 Å². The molecule has 0 unspecified atom stereocenters. The van der Waals surface area contributed by atoms with Crippen molar-refractivity contribution in [3.63, 3.8) is 0 Å². The first-order valence-electron chi connectivity index (χ1n) is 11.6. The van der Waals surface area contributed by atoms with E-state index in [1.54, 1.807) is 25.1 Å². The fourth-order valence-electron chi connectivity index (χ4n) is 4.66. The van der Waals surface area contributed by atoms with Crippen LogP contribution >= 0.6 is 0 Å². The lowest BCUT2D eigenvalue weighted by Gasteiger charge is -2.35. The molecule has 2 aromatic carbocycles. The number of cyclic esters (lactones) is 2. The third-order valence-electron chi connectivity index (χ3n) is 6.55. The number of carbonyl (C=O) groups is 2. The van der Waals surface area contributed by atoms with E-state index in [2.05, 4.69) is 0 Å². The van der Waals surface area contributed by atoms with Crippen molar-refractivity contribution >= 4 is 11.9 Å². The molecule has 36 heavy (non-hydrogen) atoms.